The fourth-order valence-electron chi connectivity index (χ4n) is 2.64. The van der Waals surface area contributed by atoms with Crippen LogP contribution in [0.25, 0.3) is 0 Å². The van der Waals surface area contributed by atoms with E-state index in [1.165, 1.54) is 12.8 Å². The molecule has 2 nitrogen and oxygen atoms in total. The fourth-order valence-corrected chi connectivity index (χ4v) is 2.64. The summed E-state index contributed by atoms with van der Waals surface area (Å²) in [5.41, 5.74) is -0.0314. The summed E-state index contributed by atoms with van der Waals surface area (Å²) in [7, 11) is 0. The van der Waals surface area contributed by atoms with Crippen LogP contribution in [0.5, 0.6) is 0 Å². The third kappa shape index (κ3) is 1.35. The highest BCUT2D eigenvalue weighted by Gasteiger charge is 2.43. The van der Waals surface area contributed by atoms with Crippen molar-refractivity contribution in [1.29, 1.82) is 0 Å². The van der Waals surface area contributed by atoms with Crippen molar-refractivity contribution in [2.45, 2.75) is 43.9 Å². The first kappa shape index (κ1) is 9.46. The van der Waals surface area contributed by atoms with Gasteiger partial charge in [-0.05, 0) is 37.3 Å². The summed E-state index contributed by atoms with van der Waals surface area (Å²) in [6.45, 7) is 2.50. The Morgan fingerprint density at radius 3 is 2.67 bits per heavy atom. The highest BCUT2D eigenvalue weighted by molar-refractivity contribution is 5.24. The third-order valence-electron chi connectivity index (χ3n) is 4.24. The first-order valence-corrected chi connectivity index (χ1v) is 5.96. The molecule has 3 rings (SSSR count). The lowest BCUT2D eigenvalue weighted by Crippen LogP contribution is -2.37. The first-order valence-electron chi connectivity index (χ1n) is 5.96. The van der Waals surface area contributed by atoms with E-state index < -0.39 is 0 Å². The molecule has 0 saturated heterocycles. The lowest BCUT2D eigenvalue weighted by Gasteiger charge is -2.38. The summed E-state index contributed by atoms with van der Waals surface area (Å²) in [5, 5.41) is 9.45. The molecule has 2 atom stereocenters. The van der Waals surface area contributed by atoms with Crippen LogP contribution in [0.3, 0.4) is 0 Å². The molecule has 2 fully saturated rings. The molecular weight excluding hydrogens is 188 g/mol. The van der Waals surface area contributed by atoms with E-state index in [2.05, 4.69) is 19.1 Å². The van der Waals surface area contributed by atoms with Crippen LogP contribution >= 0.6 is 0 Å². The molecule has 1 N–H and O–H groups in total. The third-order valence-corrected chi connectivity index (χ3v) is 4.24. The number of hydrogen-bond acceptors (Lipinski definition) is 2. The van der Waals surface area contributed by atoms with E-state index in [1.54, 1.807) is 0 Å². The normalized spacial score (nSPS) is 32.4. The second kappa shape index (κ2) is 3.11. The Hall–Kier alpha value is -0.760. The lowest BCUT2D eigenvalue weighted by atomic mass is 9.68. The maximum Gasteiger partial charge on any atom is 0.112 e. The van der Waals surface area contributed by atoms with Crippen LogP contribution in [0, 0.1) is 5.92 Å². The highest BCUT2D eigenvalue weighted by atomic mass is 16.3. The molecule has 1 heterocycles. The second-order valence-corrected chi connectivity index (χ2v) is 5.31. The maximum atomic E-state index is 9.45. The van der Waals surface area contributed by atoms with Gasteiger partial charge in [0.05, 0.1) is 12.0 Å². The van der Waals surface area contributed by atoms with Gasteiger partial charge in [0.2, 0.25) is 0 Å². The fraction of sp³-hybridized carbons (Fsp3) is 0.692. The Labute approximate surface area is 90.3 Å². The van der Waals surface area contributed by atoms with Gasteiger partial charge in [-0.1, -0.05) is 13.3 Å². The Kier molecular flexibility index (Phi) is 1.96. The van der Waals surface area contributed by atoms with Gasteiger partial charge in [-0.15, -0.1) is 0 Å². The van der Waals surface area contributed by atoms with Gasteiger partial charge in [-0.25, -0.2) is 0 Å². The van der Waals surface area contributed by atoms with E-state index in [0.29, 0.717) is 5.92 Å². The molecule has 0 bridgehead atoms. The summed E-state index contributed by atoms with van der Waals surface area (Å²) in [4.78, 5) is 0. The number of furan rings is 1. The van der Waals surface area contributed by atoms with Crippen LogP contribution in [0.2, 0.25) is 0 Å². The zero-order valence-electron chi connectivity index (χ0n) is 9.20. The summed E-state index contributed by atoms with van der Waals surface area (Å²) in [6, 6.07) is 4.19. The van der Waals surface area contributed by atoms with Gasteiger partial charge in [-0.2, -0.15) is 0 Å². The number of rotatable bonds is 3. The monoisotopic (exact) mass is 206 g/mol. The highest BCUT2D eigenvalue weighted by Crippen LogP contribution is 2.50. The SMILES string of the molecule is CC1CC1c1ccc(C2(CO)CCC2)o1. The molecular formula is C13H18O2. The minimum atomic E-state index is -0.0314. The van der Waals surface area contributed by atoms with Gasteiger partial charge in [0.25, 0.3) is 0 Å². The number of aliphatic hydroxyl groups is 1. The van der Waals surface area contributed by atoms with Crippen molar-refractivity contribution in [3.05, 3.63) is 23.7 Å². The molecule has 1 aromatic heterocycles. The second-order valence-electron chi connectivity index (χ2n) is 5.31. The Morgan fingerprint density at radius 1 is 1.47 bits per heavy atom. The molecule has 2 unspecified atom stereocenters. The van der Waals surface area contributed by atoms with E-state index in [1.807, 2.05) is 0 Å². The number of hydrogen-bond donors (Lipinski definition) is 1. The predicted molar refractivity (Wildman–Crippen MR) is 57.8 cm³/mol. The van der Waals surface area contributed by atoms with Crippen LogP contribution in [-0.2, 0) is 5.41 Å². The van der Waals surface area contributed by atoms with Gasteiger partial charge < -0.3 is 9.52 Å². The van der Waals surface area contributed by atoms with Crippen LogP contribution in [0.4, 0.5) is 0 Å². The van der Waals surface area contributed by atoms with Gasteiger partial charge in [0, 0.05) is 5.92 Å². The van der Waals surface area contributed by atoms with E-state index >= 15 is 0 Å². The maximum absolute atomic E-state index is 9.45. The molecule has 2 aliphatic rings. The van der Waals surface area contributed by atoms with Crippen molar-refractivity contribution < 1.29 is 9.52 Å². The van der Waals surface area contributed by atoms with E-state index in [4.69, 9.17) is 4.42 Å². The van der Waals surface area contributed by atoms with Gasteiger partial charge in [0.1, 0.15) is 11.5 Å². The van der Waals surface area contributed by atoms with Gasteiger partial charge in [0.15, 0.2) is 0 Å². The average Bonchev–Trinajstić information content (AvgIpc) is 2.72. The summed E-state index contributed by atoms with van der Waals surface area (Å²) >= 11 is 0. The van der Waals surface area contributed by atoms with Crippen molar-refractivity contribution in [2.75, 3.05) is 6.61 Å². The minimum absolute atomic E-state index is 0.0314. The zero-order valence-corrected chi connectivity index (χ0v) is 9.20. The van der Waals surface area contributed by atoms with Crippen LogP contribution in [-0.4, -0.2) is 11.7 Å². The van der Waals surface area contributed by atoms with Crippen molar-refractivity contribution in [3.8, 4) is 0 Å². The van der Waals surface area contributed by atoms with E-state index in [0.717, 1.165) is 30.3 Å². The zero-order chi connectivity index (χ0) is 10.5. The van der Waals surface area contributed by atoms with Crippen molar-refractivity contribution in [2.24, 2.45) is 5.92 Å². The van der Waals surface area contributed by atoms with Gasteiger partial charge in [-0.3, -0.25) is 0 Å². The molecule has 15 heavy (non-hydrogen) atoms. The Balaban J connectivity index is 1.83. The summed E-state index contributed by atoms with van der Waals surface area (Å²) in [6.07, 6.45) is 4.64. The van der Waals surface area contributed by atoms with Crippen LogP contribution in [0.1, 0.15) is 50.0 Å². The molecule has 0 aromatic carbocycles. The smallest absolute Gasteiger partial charge is 0.112 e. The molecule has 1 aromatic rings. The first-order chi connectivity index (χ1) is 7.25. The van der Waals surface area contributed by atoms with Crippen LogP contribution in [0.15, 0.2) is 16.5 Å². The van der Waals surface area contributed by atoms with Crippen LogP contribution < -0.4 is 0 Å². The molecule has 2 heteroatoms. The molecule has 0 radical (unpaired) electrons. The topological polar surface area (TPSA) is 33.4 Å². The predicted octanol–water partition coefficient (Wildman–Crippen LogP) is 2.82. The van der Waals surface area contributed by atoms with Crippen molar-refractivity contribution >= 4 is 0 Å². The Morgan fingerprint density at radius 2 is 2.20 bits per heavy atom. The molecule has 0 spiro atoms. The van der Waals surface area contributed by atoms with E-state index in [-0.39, 0.29) is 12.0 Å². The minimum Gasteiger partial charge on any atom is -0.465 e. The van der Waals surface area contributed by atoms with Gasteiger partial charge >= 0.3 is 0 Å². The Bertz CT molecular complexity index is 357. The van der Waals surface area contributed by atoms with Crippen molar-refractivity contribution in [3.63, 3.8) is 0 Å². The molecule has 2 saturated carbocycles. The molecule has 0 aliphatic heterocycles. The molecule has 2 aliphatic carbocycles. The largest absolute Gasteiger partial charge is 0.465 e. The summed E-state index contributed by atoms with van der Waals surface area (Å²) < 4.78 is 5.92. The lowest BCUT2D eigenvalue weighted by molar-refractivity contribution is 0.0973. The van der Waals surface area contributed by atoms with E-state index in [9.17, 15) is 5.11 Å². The average molecular weight is 206 g/mol. The summed E-state index contributed by atoms with van der Waals surface area (Å²) in [5.74, 6) is 3.59. The number of aliphatic hydroxyl groups excluding tert-OH is 1. The standard InChI is InChI=1S/C13H18O2/c1-9-7-10(9)11-3-4-12(15-11)13(8-14)5-2-6-13/h3-4,9-10,14H,2,5-8H2,1H3. The molecule has 82 valence electrons. The quantitative estimate of drug-likeness (QED) is 0.825. The molecule has 0 amide bonds. The van der Waals surface area contributed by atoms with Crippen molar-refractivity contribution in [1.82, 2.24) is 0 Å².